The molecule has 0 bridgehead atoms. The van der Waals surface area contributed by atoms with Gasteiger partial charge in [-0.2, -0.15) is 0 Å². The van der Waals surface area contributed by atoms with E-state index >= 15 is 0 Å². The maximum absolute atomic E-state index is 11.7. The average Bonchev–Trinajstić information content (AvgIpc) is 2.83. The lowest BCUT2D eigenvalue weighted by molar-refractivity contribution is 0.122. The summed E-state index contributed by atoms with van der Waals surface area (Å²) in [6, 6.07) is -0.182. The van der Waals surface area contributed by atoms with Gasteiger partial charge in [0.05, 0.1) is 30.9 Å². The van der Waals surface area contributed by atoms with E-state index in [1.54, 1.807) is 24.7 Å². The van der Waals surface area contributed by atoms with Crippen LogP contribution in [-0.2, 0) is 0 Å². The van der Waals surface area contributed by atoms with E-state index < -0.39 is 6.10 Å². The molecule has 3 N–H and O–H groups in total. The van der Waals surface area contributed by atoms with Crippen molar-refractivity contribution in [3.63, 3.8) is 0 Å². The zero-order valence-corrected chi connectivity index (χ0v) is 12.4. The van der Waals surface area contributed by atoms with Gasteiger partial charge in [-0.25, -0.2) is 9.97 Å². The number of imidazole rings is 1. The van der Waals surface area contributed by atoms with E-state index in [0.29, 0.717) is 5.65 Å². The fourth-order valence-electron chi connectivity index (χ4n) is 2.51. The number of hydrogen-bond acceptors (Lipinski definition) is 5. The Kier molecular flexibility index (Phi) is 5.08. The molecule has 0 aliphatic heterocycles. The molecule has 0 radical (unpaired) electrons. The van der Waals surface area contributed by atoms with Gasteiger partial charge in [0, 0.05) is 0 Å². The number of aromatic amines is 1. The van der Waals surface area contributed by atoms with Gasteiger partial charge in [0.15, 0.2) is 11.2 Å². The summed E-state index contributed by atoms with van der Waals surface area (Å²) in [7, 11) is 0. The summed E-state index contributed by atoms with van der Waals surface area (Å²) < 4.78 is 1.76. The Bertz CT molecular complexity index is 632. The average molecular weight is 294 g/mol. The van der Waals surface area contributed by atoms with Crippen LogP contribution in [0.15, 0.2) is 17.4 Å². The van der Waals surface area contributed by atoms with Crippen LogP contribution in [0.1, 0.15) is 45.6 Å². The summed E-state index contributed by atoms with van der Waals surface area (Å²) in [6.45, 7) is 3.49. The molecular weight excluding hydrogens is 272 g/mol. The Balaban J connectivity index is 2.17. The third-order valence-corrected chi connectivity index (χ3v) is 3.65. The van der Waals surface area contributed by atoms with Gasteiger partial charge in [-0.05, 0) is 26.7 Å². The zero-order chi connectivity index (χ0) is 15.4. The summed E-state index contributed by atoms with van der Waals surface area (Å²) in [5.41, 5.74) is 0.490. The van der Waals surface area contributed by atoms with Gasteiger partial charge in [-0.1, -0.05) is 12.8 Å². The Morgan fingerprint density at radius 3 is 2.62 bits per heavy atom. The summed E-state index contributed by atoms with van der Waals surface area (Å²) in [5, 5.41) is 19.3. The van der Waals surface area contributed by atoms with E-state index in [4.69, 9.17) is 0 Å². The minimum atomic E-state index is -0.574. The molecule has 3 atom stereocenters. The Morgan fingerprint density at radius 1 is 1.24 bits per heavy atom. The third-order valence-electron chi connectivity index (χ3n) is 3.65. The number of H-pyrrole nitrogens is 1. The van der Waals surface area contributed by atoms with Gasteiger partial charge < -0.3 is 19.8 Å². The van der Waals surface area contributed by atoms with Crippen LogP contribution >= 0.6 is 0 Å². The van der Waals surface area contributed by atoms with E-state index in [1.165, 1.54) is 6.33 Å². The lowest BCUT2D eigenvalue weighted by Gasteiger charge is -2.21. The molecule has 7 nitrogen and oxygen atoms in total. The second kappa shape index (κ2) is 6.82. The normalized spacial score (nSPS) is 16.0. The number of fused-ring (bicyclic) bond motifs is 1. The number of nitrogens with one attached hydrogen (secondary N) is 1. The number of aliphatic hydroxyl groups excluding tert-OH is 2. The third kappa shape index (κ3) is 3.68. The molecule has 116 valence electrons. The molecule has 0 amide bonds. The van der Waals surface area contributed by atoms with Crippen molar-refractivity contribution >= 4 is 11.2 Å². The van der Waals surface area contributed by atoms with Crippen LogP contribution in [0, 0.1) is 0 Å². The highest BCUT2D eigenvalue weighted by Gasteiger charge is 2.20. The fourth-order valence-corrected chi connectivity index (χ4v) is 2.51. The first kappa shape index (κ1) is 15.7. The van der Waals surface area contributed by atoms with Gasteiger partial charge in [-0.15, -0.1) is 0 Å². The molecular formula is C14H22N4O3. The van der Waals surface area contributed by atoms with Gasteiger partial charge in [-0.3, -0.25) is 4.79 Å². The molecule has 0 spiro atoms. The maximum atomic E-state index is 11.7. The minimum absolute atomic E-state index is 0.182. The van der Waals surface area contributed by atoms with Crippen molar-refractivity contribution in [2.75, 3.05) is 0 Å². The maximum Gasteiger partial charge on any atom is 0.278 e. The molecule has 0 aromatic carbocycles. The lowest BCUT2D eigenvalue weighted by Crippen LogP contribution is -2.21. The van der Waals surface area contributed by atoms with E-state index in [-0.39, 0.29) is 23.2 Å². The molecule has 2 aromatic heterocycles. The largest absolute Gasteiger partial charge is 0.393 e. The number of aromatic nitrogens is 4. The van der Waals surface area contributed by atoms with Crippen molar-refractivity contribution in [1.29, 1.82) is 0 Å². The smallest absolute Gasteiger partial charge is 0.278 e. The highest BCUT2D eigenvalue weighted by atomic mass is 16.3. The second-order valence-corrected chi connectivity index (χ2v) is 5.50. The summed E-state index contributed by atoms with van der Waals surface area (Å²) >= 11 is 0. The molecule has 2 heterocycles. The van der Waals surface area contributed by atoms with Crippen molar-refractivity contribution in [3.8, 4) is 0 Å². The number of unbranched alkanes of at least 4 members (excludes halogenated alkanes) is 1. The standard InChI is InChI=1S/C14H22N4O3/c1-9(19)5-3-4-6-11(10(2)20)18-8-17-12-13(18)15-7-16-14(12)21/h7-11,19-20H,3-6H2,1-2H3,(H,15,16,21). The first-order valence-electron chi connectivity index (χ1n) is 7.27. The van der Waals surface area contributed by atoms with Crippen molar-refractivity contribution in [2.24, 2.45) is 0 Å². The molecule has 0 saturated heterocycles. The van der Waals surface area contributed by atoms with E-state index in [9.17, 15) is 15.0 Å². The van der Waals surface area contributed by atoms with Gasteiger partial charge in [0.1, 0.15) is 0 Å². The van der Waals surface area contributed by atoms with Crippen LogP contribution in [0.3, 0.4) is 0 Å². The van der Waals surface area contributed by atoms with E-state index in [1.807, 2.05) is 0 Å². The summed E-state index contributed by atoms with van der Waals surface area (Å²) in [4.78, 5) is 22.4. The minimum Gasteiger partial charge on any atom is -0.393 e. The predicted molar refractivity (Wildman–Crippen MR) is 79.0 cm³/mol. The van der Waals surface area contributed by atoms with Crippen LogP contribution in [0.25, 0.3) is 11.2 Å². The number of nitrogens with zero attached hydrogens (tertiary/aromatic N) is 3. The van der Waals surface area contributed by atoms with Gasteiger partial charge in [0.2, 0.25) is 0 Å². The monoisotopic (exact) mass is 294 g/mol. The lowest BCUT2D eigenvalue weighted by atomic mass is 10.0. The van der Waals surface area contributed by atoms with Crippen molar-refractivity contribution in [2.45, 2.75) is 57.8 Å². The highest BCUT2D eigenvalue weighted by Crippen LogP contribution is 2.23. The second-order valence-electron chi connectivity index (χ2n) is 5.50. The van der Waals surface area contributed by atoms with E-state index in [0.717, 1.165) is 25.7 Å². The van der Waals surface area contributed by atoms with Crippen LogP contribution < -0.4 is 5.56 Å². The highest BCUT2D eigenvalue weighted by molar-refractivity contribution is 5.68. The van der Waals surface area contributed by atoms with Crippen LogP contribution in [0.5, 0.6) is 0 Å². The van der Waals surface area contributed by atoms with Crippen LogP contribution in [0.4, 0.5) is 0 Å². The summed E-state index contributed by atoms with van der Waals surface area (Å²) in [5.74, 6) is 0. The van der Waals surface area contributed by atoms with Gasteiger partial charge in [0.25, 0.3) is 5.56 Å². The Morgan fingerprint density at radius 2 is 1.95 bits per heavy atom. The quantitative estimate of drug-likeness (QED) is 0.660. The Labute approximate surface area is 122 Å². The number of aliphatic hydroxyl groups is 2. The molecule has 0 aliphatic rings. The Hall–Kier alpha value is -1.73. The molecule has 7 heteroatoms. The number of rotatable bonds is 7. The topological polar surface area (TPSA) is 104 Å². The molecule has 2 aromatic rings. The molecule has 0 saturated carbocycles. The SMILES string of the molecule is CC(O)CCCCC(C(C)O)n1cnc2c(=O)[nH]cnc21. The first-order chi connectivity index (χ1) is 10.0. The summed E-state index contributed by atoms with van der Waals surface area (Å²) in [6.07, 6.45) is 5.28. The number of hydrogen-bond donors (Lipinski definition) is 3. The molecule has 21 heavy (non-hydrogen) atoms. The molecule has 3 unspecified atom stereocenters. The predicted octanol–water partition coefficient (Wildman–Crippen LogP) is 0.983. The molecule has 0 fully saturated rings. The zero-order valence-electron chi connectivity index (χ0n) is 12.4. The van der Waals surface area contributed by atoms with Gasteiger partial charge >= 0.3 is 0 Å². The first-order valence-corrected chi connectivity index (χ1v) is 7.27. The van der Waals surface area contributed by atoms with E-state index in [2.05, 4.69) is 15.0 Å². The van der Waals surface area contributed by atoms with Crippen LogP contribution in [-0.4, -0.2) is 41.9 Å². The molecule has 2 rings (SSSR count). The van der Waals surface area contributed by atoms with Crippen molar-refractivity contribution < 1.29 is 10.2 Å². The molecule has 0 aliphatic carbocycles. The van der Waals surface area contributed by atoms with Crippen LogP contribution in [0.2, 0.25) is 0 Å². The fraction of sp³-hybridized carbons (Fsp3) is 0.643. The van der Waals surface area contributed by atoms with Crippen molar-refractivity contribution in [3.05, 3.63) is 23.0 Å². The van der Waals surface area contributed by atoms with Crippen molar-refractivity contribution in [1.82, 2.24) is 19.5 Å².